The minimum Gasteiger partial charge on any atom is -0.396 e. The lowest BCUT2D eigenvalue weighted by Gasteiger charge is -2.61. The summed E-state index contributed by atoms with van der Waals surface area (Å²) in [4.78, 5) is 0. The molecule has 138 valence electrons. The van der Waals surface area contributed by atoms with Crippen LogP contribution >= 0.6 is 0 Å². The van der Waals surface area contributed by atoms with Crippen LogP contribution < -0.4 is 0 Å². The van der Waals surface area contributed by atoms with Crippen molar-refractivity contribution in [3.63, 3.8) is 0 Å². The molecule has 0 radical (unpaired) electrons. The molecule has 0 aliphatic heterocycles. The van der Waals surface area contributed by atoms with Crippen LogP contribution in [0.1, 0.15) is 59.3 Å². The third kappa shape index (κ3) is 2.66. The Labute approximate surface area is 145 Å². The van der Waals surface area contributed by atoms with Crippen LogP contribution in [0.15, 0.2) is 11.6 Å². The highest BCUT2D eigenvalue weighted by molar-refractivity contribution is 5.25. The van der Waals surface area contributed by atoms with E-state index < -0.39 is 6.10 Å². The van der Waals surface area contributed by atoms with Gasteiger partial charge in [-0.15, -0.1) is 0 Å². The zero-order valence-corrected chi connectivity index (χ0v) is 15.3. The van der Waals surface area contributed by atoms with Gasteiger partial charge in [0.05, 0.1) is 18.8 Å². The van der Waals surface area contributed by atoms with Crippen LogP contribution in [0.25, 0.3) is 0 Å². The van der Waals surface area contributed by atoms with Gasteiger partial charge >= 0.3 is 0 Å². The predicted molar refractivity (Wildman–Crippen MR) is 93.3 cm³/mol. The van der Waals surface area contributed by atoms with Crippen LogP contribution in [0.2, 0.25) is 0 Å². The lowest BCUT2D eigenvalue weighted by Crippen LogP contribution is -2.56. The first-order valence-corrected chi connectivity index (χ1v) is 9.48. The molecule has 3 aliphatic rings. The molecule has 7 atom stereocenters. The SMILES string of the molecule is C[C@@]1(CO)C[C@@H](O)C[C@]2(C)[C@H]3CC[C@@](C)([C@H](O)CO)C=C3CC[C@@H]12. The van der Waals surface area contributed by atoms with E-state index in [9.17, 15) is 20.4 Å². The Kier molecular flexibility index (Phi) is 4.66. The number of hydrogen-bond acceptors (Lipinski definition) is 4. The molecule has 0 aromatic rings. The van der Waals surface area contributed by atoms with Gasteiger partial charge in [-0.05, 0) is 61.2 Å². The molecule has 4 heteroatoms. The van der Waals surface area contributed by atoms with Gasteiger partial charge in [0.25, 0.3) is 0 Å². The summed E-state index contributed by atoms with van der Waals surface area (Å²) in [5.74, 6) is 0.837. The van der Waals surface area contributed by atoms with E-state index in [0.29, 0.717) is 18.3 Å². The number of rotatable bonds is 3. The Morgan fingerprint density at radius 2 is 1.88 bits per heavy atom. The summed E-state index contributed by atoms with van der Waals surface area (Å²) in [6, 6.07) is 0. The van der Waals surface area contributed by atoms with Crippen LogP contribution in [-0.2, 0) is 0 Å². The quantitative estimate of drug-likeness (QED) is 0.595. The molecule has 0 bridgehead atoms. The van der Waals surface area contributed by atoms with Crippen molar-refractivity contribution in [2.45, 2.75) is 71.5 Å². The summed E-state index contributed by atoms with van der Waals surface area (Å²) in [6.45, 7) is 6.41. The number of hydrogen-bond donors (Lipinski definition) is 4. The highest BCUT2D eigenvalue weighted by Crippen LogP contribution is 2.63. The Balaban J connectivity index is 1.95. The third-order valence-electron chi connectivity index (χ3n) is 7.76. The van der Waals surface area contributed by atoms with E-state index in [-0.39, 0.29) is 35.6 Å². The Bertz CT molecular complexity index is 518. The van der Waals surface area contributed by atoms with Gasteiger partial charge in [-0.2, -0.15) is 0 Å². The first kappa shape index (κ1) is 18.4. The van der Waals surface area contributed by atoms with Crippen molar-refractivity contribution < 1.29 is 20.4 Å². The molecule has 0 saturated heterocycles. The molecule has 4 nitrogen and oxygen atoms in total. The summed E-state index contributed by atoms with van der Waals surface area (Å²) in [5.41, 5.74) is 0.843. The Morgan fingerprint density at radius 1 is 1.17 bits per heavy atom. The van der Waals surface area contributed by atoms with E-state index in [1.165, 1.54) is 5.57 Å². The lowest BCUT2D eigenvalue weighted by molar-refractivity contribution is -0.134. The standard InChI is InChI=1S/C20H34O4/c1-18(17(24)11-21)7-6-15-13(8-18)4-5-16-19(2,12-22)9-14(23)10-20(15,16)3/h8,14-17,21-24H,4-7,9-12H2,1-3H3/t14-,15+,16+,17-,18-,19+,20-/m1/s1. The van der Waals surface area contributed by atoms with Crippen molar-refractivity contribution in [3.8, 4) is 0 Å². The van der Waals surface area contributed by atoms with Crippen molar-refractivity contribution in [2.75, 3.05) is 13.2 Å². The van der Waals surface area contributed by atoms with Gasteiger partial charge in [0.1, 0.15) is 0 Å². The molecule has 2 saturated carbocycles. The monoisotopic (exact) mass is 338 g/mol. The minimum atomic E-state index is -0.712. The number of fused-ring (bicyclic) bond motifs is 3. The molecule has 2 fully saturated rings. The molecule has 4 N–H and O–H groups in total. The topological polar surface area (TPSA) is 80.9 Å². The van der Waals surface area contributed by atoms with Gasteiger partial charge in [-0.1, -0.05) is 32.4 Å². The van der Waals surface area contributed by atoms with Gasteiger partial charge in [-0.25, -0.2) is 0 Å². The Morgan fingerprint density at radius 3 is 2.50 bits per heavy atom. The first-order valence-electron chi connectivity index (χ1n) is 9.48. The summed E-state index contributed by atoms with van der Waals surface area (Å²) in [6.07, 6.45) is 6.54. The molecule has 24 heavy (non-hydrogen) atoms. The average molecular weight is 338 g/mol. The fourth-order valence-electron chi connectivity index (χ4n) is 6.46. The van der Waals surface area contributed by atoms with Crippen molar-refractivity contribution in [2.24, 2.45) is 28.1 Å². The van der Waals surface area contributed by atoms with E-state index >= 15 is 0 Å². The number of aliphatic hydroxyl groups is 4. The van der Waals surface area contributed by atoms with Crippen LogP contribution in [0.3, 0.4) is 0 Å². The first-order chi connectivity index (χ1) is 11.2. The molecule has 0 amide bonds. The predicted octanol–water partition coefficient (Wildman–Crippen LogP) is 2.25. The molecule has 0 aromatic carbocycles. The maximum atomic E-state index is 10.5. The van der Waals surface area contributed by atoms with Crippen LogP contribution in [-0.4, -0.2) is 45.8 Å². The number of aliphatic hydroxyl groups excluding tert-OH is 4. The fourth-order valence-corrected chi connectivity index (χ4v) is 6.46. The van der Waals surface area contributed by atoms with Gasteiger partial charge in [0.15, 0.2) is 0 Å². The molecular formula is C20H34O4. The van der Waals surface area contributed by atoms with Gasteiger partial charge in [0.2, 0.25) is 0 Å². The van der Waals surface area contributed by atoms with Crippen molar-refractivity contribution in [1.82, 2.24) is 0 Å². The molecule has 3 rings (SSSR count). The molecule has 3 aliphatic carbocycles. The highest BCUT2D eigenvalue weighted by atomic mass is 16.3. The Hall–Kier alpha value is -0.420. The average Bonchev–Trinajstić information content (AvgIpc) is 2.52. The minimum absolute atomic E-state index is 0.00469. The zero-order valence-electron chi connectivity index (χ0n) is 15.3. The van der Waals surface area contributed by atoms with E-state index in [0.717, 1.165) is 32.1 Å². The second-order valence-electron chi connectivity index (χ2n) is 9.49. The van der Waals surface area contributed by atoms with E-state index in [1.54, 1.807) is 0 Å². The van der Waals surface area contributed by atoms with Crippen molar-refractivity contribution in [3.05, 3.63) is 11.6 Å². The van der Waals surface area contributed by atoms with E-state index in [4.69, 9.17) is 0 Å². The zero-order chi connectivity index (χ0) is 17.8. The number of allylic oxidation sites excluding steroid dienone is 1. The summed E-state index contributed by atoms with van der Waals surface area (Å²) in [7, 11) is 0. The maximum absolute atomic E-state index is 10.5. The second kappa shape index (κ2) is 6.08. The van der Waals surface area contributed by atoms with Crippen molar-refractivity contribution in [1.29, 1.82) is 0 Å². The van der Waals surface area contributed by atoms with Crippen LogP contribution in [0.4, 0.5) is 0 Å². The summed E-state index contributed by atoms with van der Waals surface area (Å²) >= 11 is 0. The van der Waals surface area contributed by atoms with E-state index in [1.807, 2.05) is 6.92 Å². The van der Waals surface area contributed by atoms with Crippen molar-refractivity contribution >= 4 is 0 Å². The fraction of sp³-hybridized carbons (Fsp3) is 0.900. The van der Waals surface area contributed by atoms with Crippen LogP contribution in [0.5, 0.6) is 0 Å². The normalized spacial score (nSPS) is 49.8. The van der Waals surface area contributed by atoms with E-state index in [2.05, 4.69) is 19.9 Å². The van der Waals surface area contributed by atoms with Gasteiger partial charge < -0.3 is 20.4 Å². The highest BCUT2D eigenvalue weighted by Gasteiger charge is 2.57. The maximum Gasteiger partial charge on any atom is 0.0858 e. The second-order valence-corrected chi connectivity index (χ2v) is 9.49. The smallest absolute Gasteiger partial charge is 0.0858 e. The summed E-state index contributed by atoms with van der Waals surface area (Å²) in [5, 5.41) is 40.1. The molecule has 0 heterocycles. The van der Waals surface area contributed by atoms with Gasteiger partial charge in [-0.3, -0.25) is 0 Å². The van der Waals surface area contributed by atoms with Gasteiger partial charge in [0, 0.05) is 12.0 Å². The molecule has 0 spiro atoms. The molecule has 0 aromatic heterocycles. The molecule has 0 unspecified atom stereocenters. The third-order valence-corrected chi connectivity index (χ3v) is 7.76. The molecular weight excluding hydrogens is 304 g/mol. The largest absolute Gasteiger partial charge is 0.396 e. The summed E-state index contributed by atoms with van der Waals surface area (Å²) < 4.78 is 0. The van der Waals surface area contributed by atoms with Crippen LogP contribution in [0, 0.1) is 28.1 Å². The lowest BCUT2D eigenvalue weighted by atomic mass is 9.44.